The van der Waals surface area contributed by atoms with Crippen LogP contribution in [0.3, 0.4) is 0 Å². The number of anilines is 4. The Morgan fingerprint density at radius 2 is 1.72 bits per heavy atom. The van der Waals surface area contributed by atoms with Gasteiger partial charge in [-0.25, -0.2) is 14.8 Å². The number of carboxylic acid groups (broad SMARTS) is 2. The van der Waals surface area contributed by atoms with Crippen molar-refractivity contribution in [1.29, 1.82) is 0 Å². The van der Waals surface area contributed by atoms with Gasteiger partial charge < -0.3 is 30.5 Å². The van der Waals surface area contributed by atoms with Crippen LogP contribution in [0.2, 0.25) is 0 Å². The van der Waals surface area contributed by atoms with Gasteiger partial charge in [-0.15, -0.1) is 10.2 Å². The molecule has 14 nitrogen and oxygen atoms in total. The molecule has 1 aromatic carbocycles. The van der Waals surface area contributed by atoms with Crippen LogP contribution in [0.4, 0.5) is 22.6 Å². The third-order valence-corrected chi connectivity index (χ3v) is 14.0. The molecular formula is C43H51N9O5S. The largest absolute Gasteiger partial charge is 0.481 e. The van der Waals surface area contributed by atoms with Crippen molar-refractivity contribution in [3.05, 3.63) is 65.1 Å². The van der Waals surface area contributed by atoms with Gasteiger partial charge in [0.15, 0.2) is 22.5 Å². The number of aliphatic carboxylic acids is 1. The Bertz CT molecular complexity index is 2380. The van der Waals surface area contributed by atoms with Crippen LogP contribution in [0.25, 0.3) is 21.3 Å². The number of hydrogen-bond donors (Lipinski definition) is 4. The molecule has 0 saturated heterocycles. The van der Waals surface area contributed by atoms with Crippen LogP contribution >= 0.6 is 11.3 Å². The number of nitrogens with one attached hydrogen (secondary N) is 2. The summed E-state index contributed by atoms with van der Waals surface area (Å²) in [5.41, 5.74) is 5.24. The standard InChI is InChI=1S/C43H51N9O5S/c1-26-28-8-7-16-51(37(28)50-49-36(26)48-39-46-31-9-5-6-10-32(31)58-39)33-12-11-29(35(47-33)38(55)56)30-18-45-52(27(30)2)25-42-20-40(3)19-41(4,21-42)23-43(22-40,24-42)57-17-15-44-14-13-34(53)54/h5-6,9-12,18,44H,7-8,13-17,19-25H2,1-4H3,(H,53,54)(H,55,56)(H,46,48,49). The predicted molar refractivity (Wildman–Crippen MR) is 222 cm³/mol. The lowest BCUT2D eigenvalue weighted by atomic mass is 9.39. The van der Waals surface area contributed by atoms with Gasteiger partial charge in [-0.1, -0.05) is 37.3 Å². The predicted octanol–water partition coefficient (Wildman–Crippen LogP) is 7.69. The van der Waals surface area contributed by atoms with Gasteiger partial charge in [0.05, 0.1) is 35.0 Å². The third kappa shape index (κ3) is 7.10. The molecule has 304 valence electrons. The Morgan fingerprint density at radius 1 is 0.931 bits per heavy atom. The number of aromatic nitrogens is 6. The van der Waals surface area contributed by atoms with Crippen LogP contribution < -0.4 is 15.5 Å². The van der Waals surface area contributed by atoms with Gasteiger partial charge in [-0.3, -0.25) is 9.48 Å². The van der Waals surface area contributed by atoms with Gasteiger partial charge in [0.25, 0.3) is 0 Å². The van der Waals surface area contributed by atoms with Crippen LogP contribution in [0.15, 0.2) is 42.6 Å². The first-order valence-corrected chi connectivity index (χ1v) is 21.2. The average Bonchev–Trinajstić information content (AvgIpc) is 3.73. The molecule has 10 rings (SSSR count). The van der Waals surface area contributed by atoms with Crippen LogP contribution in [-0.4, -0.2) is 83.9 Å². The summed E-state index contributed by atoms with van der Waals surface area (Å²) in [6.45, 7) is 11.9. The number of rotatable bonds is 14. The quantitative estimate of drug-likeness (QED) is 0.0803. The highest BCUT2D eigenvalue weighted by molar-refractivity contribution is 7.22. The number of aromatic carboxylic acids is 1. The molecule has 4 aromatic heterocycles. The van der Waals surface area contributed by atoms with Crippen molar-refractivity contribution in [3.63, 3.8) is 0 Å². The first-order chi connectivity index (χ1) is 27.7. The number of ether oxygens (including phenoxy) is 1. The topological polar surface area (TPSA) is 181 Å². The zero-order valence-electron chi connectivity index (χ0n) is 33.6. The van der Waals surface area contributed by atoms with E-state index in [0.717, 1.165) is 89.2 Å². The second-order valence-corrected chi connectivity index (χ2v) is 19.2. The van der Waals surface area contributed by atoms with Crippen molar-refractivity contribution in [2.75, 3.05) is 36.5 Å². The van der Waals surface area contributed by atoms with Crippen LogP contribution in [0, 0.1) is 30.1 Å². The Balaban J connectivity index is 0.952. The van der Waals surface area contributed by atoms with Crippen molar-refractivity contribution >= 4 is 56.1 Å². The average molecular weight is 806 g/mol. The van der Waals surface area contributed by atoms with E-state index in [-0.39, 0.29) is 34.0 Å². The number of carboxylic acids is 2. The summed E-state index contributed by atoms with van der Waals surface area (Å²) >= 11 is 1.57. The molecule has 4 saturated carbocycles. The molecular weight excluding hydrogens is 755 g/mol. The number of pyridine rings is 1. The van der Waals surface area contributed by atoms with Crippen LogP contribution in [-0.2, 0) is 22.5 Å². The summed E-state index contributed by atoms with van der Waals surface area (Å²) in [5.74, 6) is -0.0416. The van der Waals surface area contributed by atoms with Gasteiger partial charge in [0.1, 0.15) is 5.82 Å². The van der Waals surface area contributed by atoms with Crippen molar-refractivity contribution in [1.82, 2.24) is 35.3 Å². The summed E-state index contributed by atoms with van der Waals surface area (Å²) < 4.78 is 9.96. The van der Waals surface area contributed by atoms with E-state index < -0.39 is 11.9 Å². The molecule has 0 spiro atoms. The minimum absolute atomic E-state index is 0.00857. The lowest BCUT2D eigenvalue weighted by Crippen LogP contribution is -2.64. The number of thiazole rings is 1. The zero-order valence-corrected chi connectivity index (χ0v) is 34.4. The van der Waals surface area contributed by atoms with E-state index in [1.165, 1.54) is 6.42 Å². The Hall–Kier alpha value is -4.99. The van der Waals surface area contributed by atoms with Gasteiger partial charge >= 0.3 is 11.9 Å². The van der Waals surface area contributed by atoms with Gasteiger partial charge in [-0.05, 0) is 106 Å². The number of para-hydroxylation sites is 1. The van der Waals surface area contributed by atoms with Crippen molar-refractivity contribution in [2.45, 2.75) is 97.6 Å². The molecule has 1 aliphatic heterocycles. The van der Waals surface area contributed by atoms with E-state index in [1.54, 1.807) is 17.5 Å². The Labute approximate surface area is 341 Å². The van der Waals surface area contributed by atoms with Crippen molar-refractivity contribution in [2.24, 2.45) is 16.2 Å². The molecule has 2 unspecified atom stereocenters. The van der Waals surface area contributed by atoms with E-state index >= 15 is 0 Å². The van der Waals surface area contributed by atoms with E-state index in [9.17, 15) is 14.7 Å². The van der Waals surface area contributed by atoms with E-state index in [1.807, 2.05) is 55.1 Å². The highest BCUT2D eigenvalue weighted by Gasteiger charge is 2.66. The first-order valence-electron chi connectivity index (χ1n) is 20.3. The van der Waals surface area contributed by atoms with Crippen molar-refractivity contribution in [3.8, 4) is 11.1 Å². The second-order valence-electron chi connectivity index (χ2n) is 18.1. The molecule has 58 heavy (non-hydrogen) atoms. The maximum atomic E-state index is 12.9. The SMILES string of the molecule is Cc1c(Nc2nc3ccccc3s2)nnc2c1CCCN2c1ccc(-c2cnn(CC34CC5(C)CC(C)(C3)CC(OCCNCCC(=O)O)(C5)C4)c2C)c(C(=O)O)n1. The summed E-state index contributed by atoms with van der Waals surface area (Å²) in [5, 5.41) is 41.0. The third-order valence-electron chi connectivity index (χ3n) is 13.0. The highest BCUT2D eigenvalue weighted by atomic mass is 32.1. The zero-order chi connectivity index (χ0) is 40.5. The second kappa shape index (κ2) is 14.4. The fraction of sp³-hybridized carbons (Fsp3) is 0.512. The number of benzene rings is 1. The number of fused-ring (bicyclic) bond motifs is 2. The van der Waals surface area contributed by atoms with Gasteiger partial charge in [0.2, 0.25) is 0 Å². The monoisotopic (exact) mass is 805 g/mol. The van der Waals surface area contributed by atoms with E-state index in [4.69, 9.17) is 24.9 Å². The molecule has 0 amide bonds. The molecule has 2 atom stereocenters. The number of nitrogens with zero attached hydrogens (tertiary/aromatic N) is 7. The number of hydrogen-bond acceptors (Lipinski definition) is 12. The molecule has 4 bridgehead atoms. The van der Waals surface area contributed by atoms with Crippen LogP contribution in [0.5, 0.6) is 0 Å². The van der Waals surface area contributed by atoms with Crippen molar-refractivity contribution < 1.29 is 24.5 Å². The molecule has 4 fully saturated rings. The maximum Gasteiger partial charge on any atom is 0.355 e. The van der Waals surface area contributed by atoms with Crippen LogP contribution in [0.1, 0.15) is 92.5 Å². The maximum absolute atomic E-state index is 12.9. The van der Waals surface area contributed by atoms with E-state index in [0.29, 0.717) is 49.3 Å². The smallest absolute Gasteiger partial charge is 0.355 e. The normalized spacial score (nSPS) is 26.0. The minimum atomic E-state index is -1.10. The number of carbonyl (C=O) groups is 2. The molecule has 4 aliphatic carbocycles. The summed E-state index contributed by atoms with van der Waals surface area (Å²) in [6, 6.07) is 11.8. The lowest BCUT2D eigenvalue weighted by Gasteiger charge is -2.69. The summed E-state index contributed by atoms with van der Waals surface area (Å²) in [6.07, 6.45) is 9.96. The van der Waals surface area contributed by atoms with Gasteiger partial charge in [0, 0.05) is 54.1 Å². The molecule has 5 aliphatic rings. The molecule has 15 heteroatoms. The molecule has 5 aromatic rings. The molecule has 4 N–H and O–H groups in total. The molecule has 5 heterocycles. The fourth-order valence-electron chi connectivity index (χ4n) is 11.9. The summed E-state index contributed by atoms with van der Waals surface area (Å²) in [7, 11) is 0. The first kappa shape index (κ1) is 38.5. The summed E-state index contributed by atoms with van der Waals surface area (Å²) in [4.78, 5) is 35.3. The van der Waals surface area contributed by atoms with E-state index in [2.05, 4.69) is 39.4 Å². The Morgan fingerprint density at radius 3 is 2.48 bits per heavy atom. The molecule has 0 radical (unpaired) electrons. The van der Waals surface area contributed by atoms with Gasteiger partial charge in [-0.2, -0.15) is 5.10 Å². The Kier molecular flexibility index (Phi) is 9.55. The fourth-order valence-corrected chi connectivity index (χ4v) is 12.8. The highest BCUT2D eigenvalue weighted by Crippen LogP contribution is 2.72. The lowest BCUT2D eigenvalue weighted by molar-refractivity contribution is -0.247. The minimum Gasteiger partial charge on any atom is -0.481 e.